The maximum Gasteiger partial charge on any atom is 0.147 e. The molecule has 0 aliphatic heterocycles. The second-order valence-electron chi connectivity index (χ2n) is 2.65. The Kier molecular flexibility index (Phi) is 2.35. The van der Waals surface area contributed by atoms with Gasteiger partial charge in [-0.15, -0.1) is 0 Å². The summed E-state index contributed by atoms with van der Waals surface area (Å²) in [5.41, 5.74) is 0.984. The lowest BCUT2D eigenvalue weighted by Crippen LogP contribution is -2.11. The van der Waals surface area contributed by atoms with Gasteiger partial charge in [-0.2, -0.15) is 0 Å². The number of hydrogen-bond acceptors (Lipinski definition) is 2. The van der Waals surface area contributed by atoms with Crippen LogP contribution in [0.2, 0.25) is 5.02 Å². The van der Waals surface area contributed by atoms with Gasteiger partial charge in [-0.05, 0) is 19.1 Å². The average Bonchev–Trinajstić information content (AvgIpc) is 1.94. The molecule has 2 nitrogen and oxygen atoms in total. The van der Waals surface area contributed by atoms with Gasteiger partial charge in [0.2, 0.25) is 0 Å². The van der Waals surface area contributed by atoms with Crippen LogP contribution < -0.4 is 4.90 Å². The molecule has 0 aliphatic rings. The number of pyridine rings is 1. The van der Waals surface area contributed by atoms with Crippen molar-refractivity contribution >= 4 is 17.4 Å². The molecule has 1 aromatic rings. The van der Waals surface area contributed by atoms with Crippen molar-refractivity contribution in [2.45, 2.75) is 6.92 Å². The molecule has 60 valence electrons. The highest BCUT2D eigenvalue weighted by molar-refractivity contribution is 6.32. The number of aryl methyl sites for hydroxylation is 1. The van der Waals surface area contributed by atoms with E-state index in [1.165, 1.54) is 0 Å². The van der Waals surface area contributed by atoms with Crippen LogP contribution in [0.25, 0.3) is 0 Å². The summed E-state index contributed by atoms with van der Waals surface area (Å²) in [6.07, 6.45) is 0. The third-order valence-electron chi connectivity index (χ3n) is 1.39. The third-order valence-corrected chi connectivity index (χ3v) is 1.69. The lowest BCUT2D eigenvalue weighted by atomic mass is 10.3. The molecule has 0 amide bonds. The van der Waals surface area contributed by atoms with Crippen molar-refractivity contribution in [2.75, 3.05) is 19.0 Å². The van der Waals surface area contributed by atoms with Crippen LogP contribution in [0.15, 0.2) is 12.1 Å². The van der Waals surface area contributed by atoms with E-state index in [1.807, 2.05) is 38.1 Å². The molecule has 3 heteroatoms. The highest BCUT2D eigenvalue weighted by Crippen LogP contribution is 2.20. The molecule has 0 fully saturated rings. The number of nitrogens with zero attached hydrogens (tertiary/aromatic N) is 2. The summed E-state index contributed by atoms with van der Waals surface area (Å²) in [4.78, 5) is 6.16. The second kappa shape index (κ2) is 3.09. The Morgan fingerprint density at radius 2 is 2.00 bits per heavy atom. The van der Waals surface area contributed by atoms with E-state index in [2.05, 4.69) is 4.98 Å². The summed E-state index contributed by atoms with van der Waals surface area (Å²) < 4.78 is 0. The van der Waals surface area contributed by atoms with Crippen LogP contribution in [0.4, 0.5) is 5.82 Å². The predicted molar refractivity (Wildman–Crippen MR) is 48.3 cm³/mol. The van der Waals surface area contributed by atoms with E-state index in [9.17, 15) is 0 Å². The summed E-state index contributed by atoms with van der Waals surface area (Å²) in [5.74, 6) is 0.826. The van der Waals surface area contributed by atoms with Crippen LogP contribution >= 0.6 is 11.6 Å². The van der Waals surface area contributed by atoms with Gasteiger partial charge in [-0.3, -0.25) is 0 Å². The molecule has 0 radical (unpaired) electrons. The van der Waals surface area contributed by atoms with Crippen molar-refractivity contribution in [3.05, 3.63) is 22.8 Å². The van der Waals surface area contributed by atoms with Crippen LogP contribution in [0, 0.1) is 6.92 Å². The minimum atomic E-state index is 0.695. The second-order valence-corrected chi connectivity index (χ2v) is 3.06. The Labute approximate surface area is 71.8 Å². The standard InChI is InChI=1S/C8H11ClN2/c1-6-4-5-7(9)8(10-6)11(2)3/h4-5H,1-3H3. The van der Waals surface area contributed by atoms with Crippen molar-refractivity contribution in [1.29, 1.82) is 0 Å². The maximum atomic E-state index is 5.89. The Morgan fingerprint density at radius 3 is 2.45 bits per heavy atom. The molecule has 0 N–H and O–H groups in total. The molecule has 1 rings (SSSR count). The van der Waals surface area contributed by atoms with E-state index >= 15 is 0 Å². The number of anilines is 1. The molecule has 0 aliphatic carbocycles. The van der Waals surface area contributed by atoms with Crippen LogP contribution in [-0.4, -0.2) is 19.1 Å². The monoisotopic (exact) mass is 170 g/mol. The van der Waals surface area contributed by atoms with Crippen molar-refractivity contribution < 1.29 is 0 Å². The van der Waals surface area contributed by atoms with Crippen LogP contribution in [0.1, 0.15) is 5.69 Å². The molecular weight excluding hydrogens is 160 g/mol. The fraction of sp³-hybridized carbons (Fsp3) is 0.375. The van der Waals surface area contributed by atoms with Crippen LogP contribution in [-0.2, 0) is 0 Å². The minimum Gasteiger partial charge on any atom is -0.362 e. The van der Waals surface area contributed by atoms with Gasteiger partial charge in [0.25, 0.3) is 0 Å². The molecular formula is C8H11ClN2. The number of hydrogen-bond donors (Lipinski definition) is 0. The lowest BCUT2D eigenvalue weighted by molar-refractivity contribution is 1.04. The van der Waals surface area contributed by atoms with Crippen molar-refractivity contribution in [2.24, 2.45) is 0 Å². The van der Waals surface area contributed by atoms with Gasteiger partial charge in [0.15, 0.2) is 0 Å². The maximum absolute atomic E-state index is 5.89. The van der Waals surface area contributed by atoms with Crippen molar-refractivity contribution in [3.8, 4) is 0 Å². The average molecular weight is 171 g/mol. The van der Waals surface area contributed by atoms with Gasteiger partial charge >= 0.3 is 0 Å². The topological polar surface area (TPSA) is 16.1 Å². The summed E-state index contributed by atoms with van der Waals surface area (Å²) in [6, 6.07) is 3.76. The molecule has 0 spiro atoms. The van der Waals surface area contributed by atoms with Crippen molar-refractivity contribution in [1.82, 2.24) is 4.98 Å². The minimum absolute atomic E-state index is 0.695. The number of rotatable bonds is 1. The summed E-state index contributed by atoms with van der Waals surface area (Å²) >= 11 is 5.89. The Hall–Kier alpha value is -0.760. The Morgan fingerprint density at radius 1 is 1.36 bits per heavy atom. The normalized spacial score (nSPS) is 9.82. The summed E-state index contributed by atoms with van der Waals surface area (Å²) in [6.45, 7) is 1.95. The smallest absolute Gasteiger partial charge is 0.147 e. The van der Waals surface area contributed by atoms with Gasteiger partial charge < -0.3 is 4.90 Å². The first kappa shape index (κ1) is 8.34. The first-order valence-electron chi connectivity index (χ1n) is 3.41. The number of aromatic nitrogens is 1. The molecule has 0 saturated heterocycles. The fourth-order valence-corrected chi connectivity index (χ4v) is 1.11. The fourth-order valence-electron chi connectivity index (χ4n) is 0.840. The molecule has 0 bridgehead atoms. The highest BCUT2D eigenvalue weighted by Gasteiger charge is 2.02. The zero-order valence-corrected chi connectivity index (χ0v) is 7.68. The Balaban J connectivity index is 3.13. The molecule has 0 aromatic carbocycles. The molecule has 0 saturated carbocycles. The molecule has 1 aromatic heterocycles. The third kappa shape index (κ3) is 1.84. The largest absolute Gasteiger partial charge is 0.362 e. The zero-order valence-electron chi connectivity index (χ0n) is 6.93. The Bertz CT molecular complexity index is 258. The van der Waals surface area contributed by atoms with E-state index in [4.69, 9.17) is 11.6 Å². The summed E-state index contributed by atoms with van der Waals surface area (Å²) in [5, 5.41) is 0.695. The molecule has 1 heterocycles. The van der Waals surface area contributed by atoms with Gasteiger partial charge in [-0.25, -0.2) is 4.98 Å². The molecule has 0 unspecified atom stereocenters. The molecule has 11 heavy (non-hydrogen) atoms. The van der Waals surface area contributed by atoms with Crippen LogP contribution in [0.5, 0.6) is 0 Å². The quantitative estimate of drug-likeness (QED) is 0.642. The first-order chi connectivity index (χ1) is 5.11. The van der Waals surface area contributed by atoms with Crippen molar-refractivity contribution in [3.63, 3.8) is 0 Å². The summed E-state index contributed by atoms with van der Waals surface area (Å²) in [7, 11) is 3.85. The van der Waals surface area contributed by atoms with Crippen LogP contribution in [0.3, 0.4) is 0 Å². The first-order valence-corrected chi connectivity index (χ1v) is 3.79. The van der Waals surface area contributed by atoms with Gasteiger partial charge in [-0.1, -0.05) is 11.6 Å². The van der Waals surface area contributed by atoms with Gasteiger partial charge in [0.05, 0.1) is 5.02 Å². The lowest BCUT2D eigenvalue weighted by Gasteiger charge is -2.12. The van der Waals surface area contributed by atoms with E-state index in [0.29, 0.717) is 5.02 Å². The van der Waals surface area contributed by atoms with E-state index in [-0.39, 0.29) is 0 Å². The van der Waals surface area contributed by atoms with Gasteiger partial charge in [0.1, 0.15) is 5.82 Å². The number of halogens is 1. The van der Waals surface area contributed by atoms with E-state index < -0.39 is 0 Å². The van der Waals surface area contributed by atoms with E-state index in [0.717, 1.165) is 11.5 Å². The van der Waals surface area contributed by atoms with E-state index in [1.54, 1.807) is 0 Å². The highest BCUT2D eigenvalue weighted by atomic mass is 35.5. The van der Waals surface area contributed by atoms with Gasteiger partial charge in [0, 0.05) is 19.8 Å². The predicted octanol–water partition coefficient (Wildman–Crippen LogP) is 2.11. The molecule has 0 atom stereocenters. The zero-order chi connectivity index (χ0) is 8.43. The SMILES string of the molecule is Cc1ccc(Cl)c(N(C)C)n1.